The number of methoxy groups -OCH3 is 1. The van der Waals surface area contributed by atoms with Gasteiger partial charge in [0, 0.05) is 19.5 Å². The monoisotopic (exact) mass is 284 g/mol. The predicted octanol–water partition coefficient (Wildman–Crippen LogP) is 0.865. The maximum absolute atomic E-state index is 11.8. The van der Waals surface area contributed by atoms with E-state index in [1.54, 1.807) is 13.3 Å². The van der Waals surface area contributed by atoms with Gasteiger partial charge in [0.15, 0.2) is 5.82 Å². The van der Waals surface area contributed by atoms with Crippen LogP contribution in [0.3, 0.4) is 0 Å². The summed E-state index contributed by atoms with van der Waals surface area (Å²) in [4.78, 5) is 19.8. The molecule has 2 heterocycles. The van der Waals surface area contributed by atoms with E-state index >= 15 is 0 Å². The van der Waals surface area contributed by atoms with Crippen molar-refractivity contribution in [2.24, 2.45) is 0 Å². The Morgan fingerprint density at radius 3 is 3.00 bits per heavy atom. The fourth-order valence-electron chi connectivity index (χ4n) is 1.27. The Labute approximate surface area is 99.4 Å². The molecule has 0 unspecified atom stereocenters. The van der Waals surface area contributed by atoms with Crippen LogP contribution in [0, 0.1) is 0 Å². The van der Waals surface area contributed by atoms with Crippen molar-refractivity contribution in [1.82, 2.24) is 19.7 Å². The lowest BCUT2D eigenvalue weighted by molar-refractivity contribution is 0.180. The molecule has 7 heteroatoms. The van der Waals surface area contributed by atoms with Gasteiger partial charge in [0.2, 0.25) is 0 Å². The van der Waals surface area contributed by atoms with Crippen LogP contribution in [0.5, 0.6) is 0 Å². The first-order valence-corrected chi connectivity index (χ1v) is 5.28. The van der Waals surface area contributed by atoms with E-state index in [1.807, 2.05) is 0 Å². The average Bonchev–Trinajstić information content (AvgIpc) is 2.59. The summed E-state index contributed by atoms with van der Waals surface area (Å²) >= 11 is 3.21. The Hall–Kier alpha value is -1.47. The molecule has 0 spiro atoms. The lowest BCUT2D eigenvalue weighted by Gasteiger charge is -1.98. The van der Waals surface area contributed by atoms with E-state index in [-0.39, 0.29) is 5.56 Å². The second kappa shape index (κ2) is 4.58. The van der Waals surface area contributed by atoms with Gasteiger partial charge in [0.05, 0.1) is 18.5 Å². The minimum atomic E-state index is -0.215. The van der Waals surface area contributed by atoms with Crippen LogP contribution >= 0.6 is 15.9 Å². The Balaban J connectivity index is 2.51. The summed E-state index contributed by atoms with van der Waals surface area (Å²) < 4.78 is 6.72. The van der Waals surface area contributed by atoms with Gasteiger partial charge in [-0.2, -0.15) is 4.68 Å². The first-order valence-electron chi connectivity index (χ1n) is 4.48. The van der Waals surface area contributed by atoms with Crippen LogP contribution in [0.15, 0.2) is 27.9 Å². The normalized spacial score (nSPS) is 10.6. The number of aromatic nitrogens is 4. The molecular weight excluding hydrogens is 276 g/mol. The molecule has 0 bridgehead atoms. The van der Waals surface area contributed by atoms with E-state index in [2.05, 4.69) is 31.0 Å². The molecule has 2 rings (SSSR count). The summed E-state index contributed by atoms with van der Waals surface area (Å²) in [7, 11) is 1.56. The third-order valence-corrected chi connectivity index (χ3v) is 2.79. The number of aromatic amines is 1. The number of hydrogen-bond donors (Lipinski definition) is 1. The Morgan fingerprint density at radius 2 is 2.38 bits per heavy atom. The molecule has 0 saturated carbocycles. The quantitative estimate of drug-likeness (QED) is 0.908. The van der Waals surface area contributed by atoms with Crippen LogP contribution in [-0.2, 0) is 11.3 Å². The van der Waals surface area contributed by atoms with Gasteiger partial charge in [-0.05, 0) is 15.9 Å². The van der Waals surface area contributed by atoms with Crippen molar-refractivity contribution in [2.45, 2.75) is 6.61 Å². The topological polar surface area (TPSA) is 72.8 Å². The summed E-state index contributed by atoms with van der Waals surface area (Å²) in [6.07, 6.45) is 4.57. The maximum atomic E-state index is 11.8. The number of ether oxygens (including phenoxy) is 1. The Morgan fingerprint density at radius 1 is 1.56 bits per heavy atom. The Kier molecular flexibility index (Phi) is 3.16. The molecule has 2 aromatic heterocycles. The zero-order chi connectivity index (χ0) is 11.5. The maximum Gasteiger partial charge on any atom is 0.287 e. The van der Waals surface area contributed by atoms with Gasteiger partial charge < -0.3 is 4.74 Å². The second-order valence-corrected chi connectivity index (χ2v) is 3.83. The largest absolute Gasteiger partial charge is 0.378 e. The van der Waals surface area contributed by atoms with Crippen LogP contribution in [-0.4, -0.2) is 26.9 Å². The molecule has 0 aliphatic carbocycles. The molecule has 6 nitrogen and oxygen atoms in total. The lowest BCUT2D eigenvalue weighted by Crippen LogP contribution is -2.15. The van der Waals surface area contributed by atoms with Crippen molar-refractivity contribution >= 4 is 15.9 Å². The van der Waals surface area contributed by atoms with Crippen molar-refractivity contribution in [3.05, 3.63) is 39.1 Å². The van der Waals surface area contributed by atoms with E-state index < -0.39 is 0 Å². The first kappa shape index (κ1) is 11.0. The average molecular weight is 285 g/mol. The van der Waals surface area contributed by atoms with Crippen molar-refractivity contribution in [3.8, 4) is 5.82 Å². The fourth-order valence-corrected chi connectivity index (χ4v) is 1.65. The highest BCUT2D eigenvalue weighted by atomic mass is 79.9. The smallest absolute Gasteiger partial charge is 0.287 e. The summed E-state index contributed by atoms with van der Waals surface area (Å²) in [5, 5.41) is 2.90. The molecule has 0 atom stereocenters. The molecule has 0 amide bonds. The zero-order valence-corrected chi connectivity index (χ0v) is 10.1. The van der Waals surface area contributed by atoms with Gasteiger partial charge in [-0.25, -0.2) is 4.98 Å². The summed E-state index contributed by atoms with van der Waals surface area (Å²) in [5.41, 5.74) is 0.450. The third-order valence-electron chi connectivity index (χ3n) is 1.97. The summed E-state index contributed by atoms with van der Waals surface area (Å²) in [6, 6.07) is 0. The minimum absolute atomic E-state index is 0.215. The van der Waals surface area contributed by atoms with Crippen molar-refractivity contribution in [2.75, 3.05) is 7.11 Å². The molecular formula is C9H9BrN4O2. The highest BCUT2D eigenvalue weighted by molar-refractivity contribution is 9.10. The number of halogens is 1. The molecule has 16 heavy (non-hydrogen) atoms. The number of nitrogens with one attached hydrogen (secondary N) is 1. The third kappa shape index (κ3) is 1.91. The summed E-state index contributed by atoms with van der Waals surface area (Å²) in [5.74, 6) is 0.440. The molecule has 0 aromatic carbocycles. The van der Waals surface area contributed by atoms with Crippen molar-refractivity contribution in [3.63, 3.8) is 0 Å². The van der Waals surface area contributed by atoms with E-state index in [0.29, 0.717) is 22.6 Å². The molecule has 0 saturated heterocycles. The molecule has 2 aromatic rings. The van der Waals surface area contributed by atoms with Crippen LogP contribution in [0.2, 0.25) is 0 Å². The second-order valence-electron chi connectivity index (χ2n) is 3.04. The molecule has 0 aliphatic heterocycles. The zero-order valence-electron chi connectivity index (χ0n) is 8.48. The van der Waals surface area contributed by atoms with E-state index in [4.69, 9.17) is 4.74 Å². The van der Waals surface area contributed by atoms with E-state index in [1.165, 1.54) is 17.1 Å². The van der Waals surface area contributed by atoms with Crippen LogP contribution in [0.1, 0.15) is 5.69 Å². The van der Waals surface area contributed by atoms with Gasteiger partial charge >= 0.3 is 0 Å². The first-order chi connectivity index (χ1) is 7.74. The molecule has 1 N–H and O–H groups in total. The molecule has 0 radical (unpaired) electrons. The van der Waals surface area contributed by atoms with E-state index in [0.717, 1.165) is 0 Å². The van der Waals surface area contributed by atoms with Gasteiger partial charge in [0.25, 0.3) is 5.56 Å². The van der Waals surface area contributed by atoms with Crippen molar-refractivity contribution < 1.29 is 4.74 Å². The van der Waals surface area contributed by atoms with Gasteiger partial charge in [-0.1, -0.05) is 0 Å². The number of nitrogens with zero attached hydrogens (tertiary/aromatic N) is 3. The number of hydrogen-bond acceptors (Lipinski definition) is 4. The van der Waals surface area contributed by atoms with Gasteiger partial charge in [-0.15, -0.1) is 0 Å². The van der Waals surface area contributed by atoms with Crippen molar-refractivity contribution in [1.29, 1.82) is 0 Å². The van der Waals surface area contributed by atoms with Gasteiger partial charge in [0.1, 0.15) is 4.47 Å². The van der Waals surface area contributed by atoms with E-state index in [9.17, 15) is 4.79 Å². The highest BCUT2D eigenvalue weighted by Gasteiger charge is 2.12. The minimum Gasteiger partial charge on any atom is -0.378 e. The fraction of sp³-hybridized carbons (Fsp3) is 0.222. The highest BCUT2D eigenvalue weighted by Crippen LogP contribution is 2.11. The number of rotatable bonds is 3. The predicted molar refractivity (Wildman–Crippen MR) is 60.4 cm³/mol. The molecule has 84 valence electrons. The van der Waals surface area contributed by atoms with Crippen LogP contribution in [0.25, 0.3) is 5.82 Å². The van der Waals surface area contributed by atoms with Crippen LogP contribution < -0.4 is 5.56 Å². The summed E-state index contributed by atoms with van der Waals surface area (Å²) in [6.45, 7) is 0.323. The standard InChI is InChI=1S/C9H9BrN4O2/c1-16-5-6-8(10)9(15)14(13-6)7-4-11-2-3-12-7/h2-4,13H,5H2,1H3. The SMILES string of the molecule is COCc1[nH]n(-c2cnccn2)c(=O)c1Br. The number of H-pyrrole nitrogens is 1. The lowest BCUT2D eigenvalue weighted by atomic mass is 10.5. The Bertz CT molecular complexity index is 534. The van der Waals surface area contributed by atoms with Crippen LogP contribution in [0.4, 0.5) is 0 Å². The molecule has 0 fully saturated rings. The molecule has 0 aliphatic rings. The van der Waals surface area contributed by atoms with Gasteiger partial charge in [-0.3, -0.25) is 14.9 Å².